The van der Waals surface area contributed by atoms with Gasteiger partial charge in [-0.1, -0.05) is 13.8 Å². The number of hydrogen-bond donors (Lipinski definition) is 1. The lowest BCUT2D eigenvalue weighted by atomic mass is 10.1. The Morgan fingerprint density at radius 1 is 1.30 bits per heavy atom. The molecule has 0 aliphatic rings. The van der Waals surface area contributed by atoms with Gasteiger partial charge in [0.1, 0.15) is 0 Å². The van der Waals surface area contributed by atoms with Crippen LogP contribution in [-0.4, -0.2) is 42.6 Å². The van der Waals surface area contributed by atoms with Crippen LogP contribution in [0.3, 0.4) is 0 Å². The van der Waals surface area contributed by atoms with Crippen LogP contribution in [0, 0.1) is 0 Å². The lowest BCUT2D eigenvalue weighted by molar-refractivity contribution is 0.413. The van der Waals surface area contributed by atoms with Crippen LogP contribution >= 0.6 is 22.7 Å². The predicted octanol–water partition coefficient (Wildman–Crippen LogP) is 3.54. The van der Waals surface area contributed by atoms with Gasteiger partial charge in [-0.2, -0.15) is 0 Å². The minimum Gasteiger partial charge on any atom is -0.365 e. The number of nitrogens with one attached hydrogen (secondary N) is 1. The van der Waals surface area contributed by atoms with Crippen LogP contribution in [0.2, 0.25) is 0 Å². The van der Waals surface area contributed by atoms with Crippen molar-refractivity contribution in [2.24, 2.45) is 0 Å². The third-order valence-corrected chi connectivity index (χ3v) is 4.98. The normalized spacial score (nSPS) is 11.6. The van der Waals surface area contributed by atoms with Crippen LogP contribution in [-0.2, 0) is 6.42 Å². The SMILES string of the molecule is CNc1nc(-c2sc(CCN(C)C)nc2C(C)C)cs1. The quantitative estimate of drug-likeness (QED) is 0.886. The standard InChI is InChI=1S/C14H22N4S2/c1-9(2)12-13(10-8-19-14(15-3)16-10)20-11(17-12)6-7-18(4)5/h8-9H,6-7H2,1-5H3,(H,15,16). The predicted molar refractivity (Wildman–Crippen MR) is 89.1 cm³/mol. The van der Waals surface area contributed by atoms with E-state index >= 15 is 0 Å². The molecule has 0 aliphatic carbocycles. The van der Waals surface area contributed by atoms with E-state index < -0.39 is 0 Å². The molecular weight excluding hydrogens is 288 g/mol. The van der Waals surface area contributed by atoms with Gasteiger partial charge in [-0.05, 0) is 20.0 Å². The number of rotatable bonds is 6. The Labute approximate surface area is 128 Å². The van der Waals surface area contributed by atoms with Gasteiger partial charge in [0.25, 0.3) is 0 Å². The molecule has 0 unspecified atom stereocenters. The summed E-state index contributed by atoms with van der Waals surface area (Å²) in [7, 11) is 6.09. The van der Waals surface area contributed by atoms with Crippen molar-refractivity contribution in [2.75, 3.05) is 33.0 Å². The van der Waals surface area contributed by atoms with Gasteiger partial charge in [0, 0.05) is 25.4 Å². The van der Waals surface area contributed by atoms with Crippen molar-refractivity contribution in [3.8, 4) is 10.6 Å². The fourth-order valence-electron chi connectivity index (χ4n) is 1.87. The van der Waals surface area contributed by atoms with Crippen LogP contribution < -0.4 is 5.32 Å². The van der Waals surface area contributed by atoms with Crippen molar-refractivity contribution in [3.05, 3.63) is 16.1 Å². The summed E-state index contributed by atoms with van der Waals surface area (Å²) >= 11 is 3.43. The molecule has 110 valence electrons. The van der Waals surface area contributed by atoms with E-state index in [0.717, 1.165) is 23.8 Å². The molecule has 2 rings (SSSR count). The van der Waals surface area contributed by atoms with Crippen molar-refractivity contribution in [1.82, 2.24) is 14.9 Å². The van der Waals surface area contributed by atoms with Crippen LogP contribution in [0.25, 0.3) is 10.6 Å². The van der Waals surface area contributed by atoms with E-state index in [9.17, 15) is 0 Å². The lowest BCUT2D eigenvalue weighted by Gasteiger charge is -2.06. The Bertz CT molecular complexity index is 557. The van der Waals surface area contributed by atoms with Gasteiger partial charge in [0.15, 0.2) is 5.13 Å². The van der Waals surface area contributed by atoms with Crippen LogP contribution in [0.15, 0.2) is 5.38 Å². The summed E-state index contributed by atoms with van der Waals surface area (Å²) < 4.78 is 0. The fourth-order valence-corrected chi connectivity index (χ4v) is 3.78. The average Bonchev–Trinajstić information content (AvgIpc) is 3.02. The van der Waals surface area contributed by atoms with Crippen molar-refractivity contribution < 1.29 is 0 Å². The summed E-state index contributed by atoms with van der Waals surface area (Å²) in [6.07, 6.45) is 1.00. The summed E-state index contributed by atoms with van der Waals surface area (Å²) in [5.74, 6) is 0.425. The van der Waals surface area contributed by atoms with Crippen molar-refractivity contribution in [2.45, 2.75) is 26.2 Å². The maximum absolute atomic E-state index is 4.83. The number of nitrogens with zero attached hydrogens (tertiary/aromatic N) is 3. The lowest BCUT2D eigenvalue weighted by Crippen LogP contribution is -2.14. The molecule has 20 heavy (non-hydrogen) atoms. The van der Waals surface area contributed by atoms with Crippen LogP contribution in [0.5, 0.6) is 0 Å². The van der Waals surface area contributed by atoms with Crippen molar-refractivity contribution in [1.29, 1.82) is 0 Å². The monoisotopic (exact) mass is 310 g/mol. The van der Waals surface area contributed by atoms with E-state index in [1.54, 1.807) is 22.7 Å². The van der Waals surface area contributed by atoms with E-state index in [-0.39, 0.29) is 0 Å². The summed E-state index contributed by atoms with van der Waals surface area (Å²) in [5, 5.41) is 7.37. The first-order chi connectivity index (χ1) is 9.51. The fraction of sp³-hybridized carbons (Fsp3) is 0.571. The molecule has 4 nitrogen and oxygen atoms in total. The van der Waals surface area contributed by atoms with Gasteiger partial charge in [-0.3, -0.25) is 0 Å². The Morgan fingerprint density at radius 2 is 2.05 bits per heavy atom. The zero-order chi connectivity index (χ0) is 14.7. The summed E-state index contributed by atoms with van der Waals surface area (Å²) in [5.41, 5.74) is 2.23. The molecule has 0 fully saturated rings. The smallest absolute Gasteiger partial charge is 0.182 e. The minimum atomic E-state index is 0.425. The van der Waals surface area contributed by atoms with Crippen molar-refractivity contribution >= 4 is 27.8 Å². The molecule has 2 aromatic heterocycles. The molecule has 0 saturated heterocycles. The second kappa shape index (κ2) is 6.65. The molecular formula is C14H22N4S2. The molecule has 0 aromatic carbocycles. The topological polar surface area (TPSA) is 41.1 Å². The largest absolute Gasteiger partial charge is 0.365 e. The van der Waals surface area contributed by atoms with Gasteiger partial charge in [-0.25, -0.2) is 9.97 Å². The minimum absolute atomic E-state index is 0.425. The Kier molecular flexibility index (Phi) is 5.12. The van der Waals surface area contributed by atoms with E-state index in [2.05, 4.69) is 48.5 Å². The molecule has 1 N–H and O–H groups in total. The number of anilines is 1. The second-order valence-electron chi connectivity index (χ2n) is 5.32. The molecule has 2 aromatic rings. The first kappa shape index (κ1) is 15.4. The maximum Gasteiger partial charge on any atom is 0.182 e. The average molecular weight is 310 g/mol. The Morgan fingerprint density at radius 3 is 2.60 bits per heavy atom. The number of likely N-dealkylation sites (N-methyl/N-ethyl adjacent to an activating group) is 1. The molecule has 0 aliphatic heterocycles. The number of thiazole rings is 2. The highest BCUT2D eigenvalue weighted by molar-refractivity contribution is 7.16. The maximum atomic E-state index is 4.83. The highest BCUT2D eigenvalue weighted by atomic mass is 32.1. The van der Waals surface area contributed by atoms with Gasteiger partial charge in [-0.15, -0.1) is 22.7 Å². The van der Waals surface area contributed by atoms with E-state index in [4.69, 9.17) is 4.98 Å². The van der Waals surface area contributed by atoms with Crippen LogP contribution in [0.4, 0.5) is 5.13 Å². The summed E-state index contributed by atoms with van der Waals surface area (Å²) in [4.78, 5) is 12.9. The van der Waals surface area contributed by atoms with E-state index in [1.165, 1.54) is 15.6 Å². The molecule has 0 bridgehead atoms. The third kappa shape index (κ3) is 3.56. The van der Waals surface area contributed by atoms with Gasteiger partial charge in [0.2, 0.25) is 0 Å². The van der Waals surface area contributed by atoms with E-state index in [1.807, 2.05) is 7.05 Å². The van der Waals surface area contributed by atoms with E-state index in [0.29, 0.717) is 5.92 Å². The number of aromatic nitrogens is 2. The molecule has 0 saturated carbocycles. The molecule has 2 heterocycles. The highest BCUT2D eigenvalue weighted by Gasteiger charge is 2.18. The third-order valence-electron chi connectivity index (χ3n) is 2.97. The summed E-state index contributed by atoms with van der Waals surface area (Å²) in [6.45, 7) is 5.42. The first-order valence-corrected chi connectivity index (χ1v) is 8.48. The van der Waals surface area contributed by atoms with Crippen LogP contribution in [0.1, 0.15) is 30.5 Å². The molecule has 0 radical (unpaired) electrons. The summed E-state index contributed by atoms with van der Waals surface area (Å²) in [6, 6.07) is 0. The molecule has 0 spiro atoms. The molecule has 0 amide bonds. The second-order valence-corrected chi connectivity index (χ2v) is 7.26. The molecule has 6 heteroatoms. The Hall–Kier alpha value is -0.980. The Balaban J connectivity index is 2.30. The van der Waals surface area contributed by atoms with Gasteiger partial charge < -0.3 is 10.2 Å². The van der Waals surface area contributed by atoms with Gasteiger partial charge >= 0.3 is 0 Å². The van der Waals surface area contributed by atoms with Gasteiger partial charge in [0.05, 0.1) is 21.3 Å². The van der Waals surface area contributed by atoms with Crippen molar-refractivity contribution in [3.63, 3.8) is 0 Å². The number of hydrogen-bond acceptors (Lipinski definition) is 6. The zero-order valence-corrected chi connectivity index (χ0v) is 14.4. The first-order valence-electron chi connectivity index (χ1n) is 6.79. The highest BCUT2D eigenvalue weighted by Crippen LogP contribution is 2.36. The zero-order valence-electron chi connectivity index (χ0n) is 12.7. The molecule has 0 atom stereocenters.